The number of ether oxygens (including phenoxy) is 1. The van der Waals surface area contributed by atoms with Gasteiger partial charge in [0.15, 0.2) is 0 Å². The number of hydrogen-bond acceptors (Lipinski definition) is 6. The number of amides is 3. The zero-order valence-corrected chi connectivity index (χ0v) is 24.9. The Hall–Kier alpha value is -4.47. The Labute approximate surface area is 252 Å². The van der Waals surface area contributed by atoms with Gasteiger partial charge in [0.25, 0.3) is 0 Å². The largest absolute Gasteiger partial charge is 0.487 e. The molecule has 4 N–H and O–H groups in total. The summed E-state index contributed by atoms with van der Waals surface area (Å²) in [5.74, 6) is -1.33. The van der Waals surface area contributed by atoms with Crippen LogP contribution in [0.5, 0.6) is 5.75 Å². The standard InChI is InChI=1S/C34H40N4O5/c1-22(2)31-29(37-32(40)27(38(3)4)21-24-11-7-5-8-12-24)34(42)36-28(30(39)25-13-9-6-10-14-25)33(41)35-20-19-23-15-17-26(43-31)18-16-23/h5-20,22,27-31,39H,21H2,1-4H3,(H,35,41)(H,36,42)(H,37,40)/b20-19-/t27-,28-,29-,30+,31+/m0/s1. The molecule has 3 aromatic rings. The minimum atomic E-state index is -1.36. The van der Waals surface area contributed by atoms with E-state index in [1.165, 1.54) is 6.20 Å². The van der Waals surface area contributed by atoms with Gasteiger partial charge in [0.2, 0.25) is 17.7 Å². The first kappa shape index (κ1) is 31.5. The number of nitrogens with zero attached hydrogens (tertiary/aromatic N) is 1. The van der Waals surface area contributed by atoms with Crippen molar-refractivity contribution in [3.05, 3.63) is 108 Å². The molecule has 226 valence electrons. The molecule has 5 atom stereocenters. The Bertz CT molecular complexity index is 1390. The molecule has 0 saturated heterocycles. The van der Waals surface area contributed by atoms with Gasteiger partial charge < -0.3 is 25.8 Å². The molecule has 0 unspecified atom stereocenters. The number of benzene rings is 3. The summed E-state index contributed by atoms with van der Waals surface area (Å²) in [6.07, 6.45) is 1.44. The molecule has 2 aliphatic rings. The summed E-state index contributed by atoms with van der Waals surface area (Å²) < 4.78 is 6.35. The molecular weight excluding hydrogens is 544 g/mol. The van der Waals surface area contributed by atoms with Crippen molar-refractivity contribution >= 4 is 23.8 Å². The van der Waals surface area contributed by atoms with E-state index in [1.807, 2.05) is 70.4 Å². The molecule has 43 heavy (non-hydrogen) atoms. The lowest BCUT2D eigenvalue weighted by Crippen LogP contribution is -2.62. The normalized spacial score (nSPS) is 21.2. The van der Waals surface area contributed by atoms with Crippen LogP contribution in [0.2, 0.25) is 0 Å². The van der Waals surface area contributed by atoms with Crippen molar-refractivity contribution in [1.29, 1.82) is 0 Å². The molecule has 3 amide bonds. The zero-order chi connectivity index (χ0) is 30.9. The summed E-state index contributed by atoms with van der Waals surface area (Å²) in [6.45, 7) is 3.79. The number of nitrogens with one attached hydrogen (secondary N) is 3. The highest BCUT2D eigenvalue weighted by Gasteiger charge is 2.39. The molecule has 0 aromatic heterocycles. The molecule has 0 spiro atoms. The first-order chi connectivity index (χ1) is 20.6. The van der Waals surface area contributed by atoms with Crippen LogP contribution < -0.4 is 20.7 Å². The first-order valence-corrected chi connectivity index (χ1v) is 14.4. The molecule has 9 heteroatoms. The molecular formula is C34H40N4O5. The quantitative estimate of drug-likeness (QED) is 0.323. The minimum Gasteiger partial charge on any atom is -0.487 e. The van der Waals surface area contributed by atoms with E-state index in [0.29, 0.717) is 17.7 Å². The van der Waals surface area contributed by atoms with Crippen LogP contribution in [0.3, 0.4) is 0 Å². The fraction of sp³-hybridized carbons (Fsp3) is 0.324. The monoisotopic (exact) mass is 584 g/mol. The van der Waals surface area contributed by atoms with E-state index in [2.05, 4.69) is 16.0 Å². The predicted molar refractivity (Wildman–Crippen MR) is 166 cm³/mol. The van der Waals surface area contributed by atoms with Crippen molar-refractivity contribution in [3.8, 4) is 5.75 Å². The van der Waals surface area contributed by atoms with E-state index < -0.39 is 42.1 Å². The van der Waals surface area contributed by atoms with Gasteiger partial charge in [-0.15, -0.1) is 0 Å². The number of aliphatic hydroxyl groups is 1. The smallest absolute Gasteiger partial charge is 0.249 e. The molecule has 3 aromatic carbocycles. The molecule has 2 aliphatic heterocycles. The fourth-order valence-corrected chi connectivity index (χ4v) is 4.98. The van der Waals surface area contributed by atoms with Gasteiger partial charge in [-0.1, -0.05) is 86.6 Å². The van der Waals surface area contributed by atoms with E-state index in [1.54, 1.807) is 53.4 Å². The maximum absolute atomic E-state index is 14.1. The number of aliphatic hydroxyl groups excluding tert-OH is 1. The third kappa shape index (κ3) is 8.30. The lowest BCUT2D eigenvalue weighted by atomic mass is 9.95. The summed E-state index contributed by atoms with van der Waals surface area (Å²) in [6, 6.07) is 22.3. The summed E-state index contributed by atoms with van der Waals surface area (Å²) in [4.78, 5) is 43.1. The summed E-state index contributed by atoms with van der Waals surface area (Å²) >= 11 is 0. The van der Waals surface area contributed by atoms with Gasteiger partial charge in [-0.2, -0.15) is 0 Å². The van der Waals surface area contributed by atoms with Crippen LogP contribution in [0.1, 0.15) is 36.6 Å². The Kier molecular flexibility index (Phi) is 10.7. The highest BCUT2D eigenvalue weighted by atomic mass is 16.5. The molecule has 0 fully saturated rings. The average Bonchev–Trinajstić information content (AvgIpc) is 3.00. The van der Waals surface area contributed by atoms with E-state index in [0.717, 1.165) is 11.1 Å². The maximum atomic E-state index is 14.1. The van der Waals surface area contributed by atoms with Crippen molar-refractivity contribution in [1.82, 2.24) is 20.9 Å². The Morgan fingerprint density at radius 1 is 0.930 bits per heavy atom. The molecule has 9 nitrogen and oxygen atoms in total. The van der Waals surface area contributed by atoms with Crippen molar-refractivity contribution in [2.75, 3.05) is 14.1 Å². The van der Waals surface area contributed by atoms with Gasteiger partial charge in [-0.3, -0.25) is 19.3 Å². The number of carbonyl (C=O) groups excluding carboxylic acids is 3. The van der Waals surface area contributed by atoms with Gasteiger partial charge in [0, 0.05) is 6.20 Å². The Morgan fingerprint density at radius 2 is 1.56 bits per heavy atom. The van der Waals surface area contributed by atoms with Gasteiger partial charge in [0.05, 0.1) is 6.04 Å². The van der Waals surface area contributed by atoms with Crippen LogP contribution in [-0.2, 0) is 20.8 Å². The summed E-state index contributed by atoms with van der Waals surface area (Å²) in [7, 11) is 3.62. The molecule has 5 rings (SSSR count). The van der Waals surface area contributed by atoms with Crippen molar-refractivity contribution < 1.29 is 24.2 Å². The molecule has 0 saturated carbocycles. The summed E-state index contributed by atoms with van der Waals surface area (Å²) in [5.41, 5.74) is 2.24. The van der Waals surface area contributed by atoms with Gasteiger partial charge in [0.1, 0.15) is 30.0 Å². The lowest BCUT2D eigenvalue weighted by molar-refractivity contribution is -0.137. The van der Waals surface area contributed by atoms with Crippen LogP contribution in [0.25, 0.3) is 6.08 Å². The summed E-state index contributed by atoms with van der Waals surface area (Å²) in [5, 5.41) is 19.6. The molecule has 2 heterocycles. The van der Waals surface area contributed by atoms with E-state index in [4.69, 9.17) is 4.74 Å². The van der Waals surface area contributed by atoms with Crippen LogP contribution in [0.15, 0.2) is 91.1 Å². The van der Waals surface area contributed by atoms with Crippen LogP contribution in [-0.4, -0.2) is 66.1 Å². The minimum absolute atomic E-state index is 0.221. The van der Waals surface area contributed by atoms with E-state index >= 15 is 0 Å². The number of fused-ring (bicyclic) bond motifs is 10. The SMILES string of the molecule is CC(C)[C@H]1Oc2ccc(cc2)/C=C\NC(=O)[C@H]([C@H](O)c2ccccc2)NC(=O)[C@H]1NC(=O)[C@H](Cc1ccccc1)N(C)C. The second kappa shape index (κ2) is 14.6. The number of rotatable bonds is 8. The highest BCUT2D eigenvalue weighted by molar-refractivity contribution is 5.94. The van der Waals surface area contributed by atoms with Crippen molar-refractivity contribution in [2.24, 2.45) is 5.92 Å². The second-order valence-electron chi connectivity index (χ2n) is 11.2. The van der Waals surface area contributed by atoms with Crippen LogP contribution in [0, 0.1) is 5.92 Å². The molecule has 2 bridgehead atoms. The van der Waals surface area contributed by atoms with Gasteiger partial charge in [-0.25, -0.2) is 0 Å². The number of carbonyl (C=O) groups is 3. The van der Waals surface area contributed by atoms with Crippen LogP contribution in [0.4, 0.5) is 0 Å². The average molecular weight is 585 g/mol. The molecule has 0 radical (unpaired) electrons. The number of hydrogen-bond donors (Lipinski definition) is 4. The topological polar surface area (TPSA) is 120 Å². The fourth-order valence-electron chi connectivity index (χ4n) is 4.98. The first-order valence-electron chi connectivity index (χ1n) is 14.4. The highest BCUT2D eigenvalue weighted by Crippen LogP contribution is 2.22. The van der Waals surface area contributed by atoms with Gasteiger partial charge >= 0.3 is 0 Å². The third-order valence-electron chi connectivity index (χ3n) is 7.45. The Morgan fingerprint density at radius 3 is 2.16 bits per heavy atom. The van der Waals surface area contributed by atoms with E-state index in [-0.39, 0.29) is 11.8 Å². The van der Waals surface area contributed by atoms with Gasteiger partial charge in [-0.05, 0) is 61.3 Å². The second-order valence-corrected chi connectivity index (χ2v) is 11.2. The van der Waals surface area contributed by atoms with Crippen molar-refractivity contribution in [3.63, 3.8) is 0 Å². The predicted octanol–water partition coefficient (Wildman–Crippen LogP) is 3.07. The number of likely N-dealkylation sites (N-methyl/N-ethyl adjacent to an activating group) is 1. The molecule has 0 aliphatic carbocycles. The van der Waals surface area contributed by atoms with E-state index in [9.17, 15) is 19.5 Å². The zero-order valence-electron chi connectivity index (χ0n) is 24.9. The third-order valence-corrected chi connectivity index (χ3v) is 7.45. The maximum Gasteiger partial charge on any atom is 0.249 e. The lowest BCUT2D eigenvalue weighted by Gasteiger charge is -2.34. The van der Waals surface area contributed by atoms with Crippen molar-refractivity contribution in [2.45, 2.75) is 50.6 Å². The van der Waals surface area contributed by atoms with Crippen LogP contribution >= 0.6 is 0 Å². The Balaban J connectivity index is 1.72.